The summed E-state index contributed by atoms with van der Waals surface area (Å²) in [4.78, 5) is 17.0. The van der Waals surface area contributed by atoms with E-state index in [-0.39, 0.29) is 6.61 Å². The van der Waals surface area contributed by atoms with E-state index in [2.05, 4.69) is 20.2 Å². The molecule has 0 aromatic carbocycles. The minimum Gasteiger partial charge on any atom is -0.396 e. The molecule has 0 bridgehead atoms. The summed E-state index contributed by atoms with van der Waals surface area (Å²) in [7, 11) is 0. The number of nitrogens with zero attached hydrogens (tertiary/aromatic N) is 4. The van der Waals surface area contributed by atoms with Gasteiger partial charge in [0, 0.05) is 32.1 Å². The minimum absolute atomic E-state index is 0.247. The van der Waals surface area contributed by atoms with Gasteiger partial charge in [0.25, 0.3) is 0 Å². The molecule has 1 saturated heterocycles. The summed E-state index contributed by atoms with van der Waals surface area (Å²) in [5.74, 6) is 1.89. The molecule has 27 heavy (non-hydrogen) atoms. The Morgan fingerprint density at radius 2 is 2.19 bits per heavy atom. The molecule has 1 fully saturated rings. The zero-order valence-electron chi connectivity index (χ0n) is 15.3. The van der Waals surface area contributed by atoms with E-state index in [1.54, 1.807) is 17.5 Å². The summed E-state index contributed by atoms with van der Waals surface area (Å²) < 4.78 is 0. The topological polar surface area (TPSA) is 74.2 Å². The number of piperidine rings is 1. The molecule has 3 aromatic rings. The first-order valence-corrected chi connectivity index (χ1v) is 10.0. The number of pyridine rings is 2. The standard InChI is InChI=1S/C20H23N5OS/c1-14-7-8-21-19(10-14)24-18-6-2-5-16(23-18)17-11-22-20(27-17)25-9-3-4-15(12-25)13-26/h2,5-8,10-11,15,26H,3-4,9,12-13H2,1H3,(H,21,23,24). The van der Waals surface area contributed by atoms with Gasteiger partial charge in [-0.2, -0.15) is 0 Å². The fraction of sp³-hybridized carbons (Fsp3) is 0.350. The molecule has 6 nitrogen and oxygen atoms in total. The predicted octanol–water partition coefficient (Wildman–Crippen LogP) is 3.86. The molecule has 7 heteroatoms. The maximum Gasteiger partial charge on any atom is 0.185 e. The molecular formula is C20H23N5OS. The maximum atomic E-state index is 9.44. The highest BCUT2D eigenvalue weighted by Crippen LogP contribution is 2.33. The molecule has 4 rings (SSSR count). The van der Waals surface area contributed by atoms with Gasteiger partial charge >= 0.3 is 0 Å². The van der Waals surface area contributed by atoms with Crippen molar-refractivity contribution in [2.24, 2.45) is 5.92 Å². The number of hydrogen-bond acceptors (Lipinski definition) is 7. The third-order valence-corrected chi connectivity index (χ3v) is 5.79. The Kier molecular flexibility index (Phi) is 5.31. The minimum atomic E-state index is 0.247. The molecule has 0 radical (unpaired) electrons. The van der Waals surface area contributed by atoms with Crippen LogP contribution in [-0.4, -0.2) is 39.8 Å². The first-order valence-electron chi connectivity index (χ1n) is 9.20. The summed E-state index contributed by atoms with van der Waals surface area (Å²) in [5.41, 5.74) is 2.05. The van der Waals surface area contributed by atoms with Crippen molar-refractivity contribution in [1.29, 1.82) is 0 Å². The highest BCUT2D eigenvalue weighted by molar-refractivity contribution is 7.18. The van der Waals surface area contributed by atoms with Gasteiger partial charge in [0.15, 0.2) is 5.13 Å². The van der Waals surface area contributed by atoms with E-state index in [0.717, 1.165) is 58.8 Å². The Balaban J connectivity index is 1.51. The second kappa shape index (κ2) is 8.02. The number of thiazole rings is 1. The van der Waals surface area contributed by atoms with Crippen molar-refractivity contribution in [1.82, 2.24) is 15.0 Å². The van der Waals surface area contributed by atoms with Gasteiger partial charge in [-0.1, -0.05) is 17.4 Å². The maximum absolute atomic E-state index is 9.44. The van der Waals surface area contributed by atoms with Crippen LogP contribution in [0.2, 0.25) is 0 Å². The molecule has 1 aliphatic rings. The molecule has 2 N–H and O–H groups in total. The summed E-state index contributed by atoms with van der Waals surface area (Å²) >= 11 is 1.65. The van der Waals surface area contributed by atoms with Crippen LogP contribution in [0.4, 0.5) is 16.8 Å². The van der Waals surface area contributed by atoms with E-state index in [0.29, 0.717) is 5.92 Å². The van der Waals surface area contributed by atoms with Crippen molar-refractivity contribution in [3.8, 4) is 10.6 Å². The Morgan fingerprint density at radius 1 is 1.26 bits per heavy atom. The Hall–Kier alpha value is -2.51. The second-order valence-corrected chi connectivity index (χ2v) is 7.90. The van der Waals surface area contributed by atoms with Crippen LogP contribution >= 0.6 is 11.3 Å². The monoisotopic (exact) mass is 381 g/mol. The number of nitrogens with one attached hydrogen (secondary N) is 1. The fourth-order valence-corrected chi connectivity index (χ4v) is 4.22. The quantitative estimate of drug-likeness (QED) is 0.699. The van der Waals surface area contributed by atoms with E-state index in [4.69, 9.17) is 4.98 Å². The molecule has 3 aromatic heterocycles. The first-order chi connectivity index (χ1) is 13.2. The van der Waals surface area contributed by atoms with E-state index < -0.39 is 0 Å². The highest BCUT2D eigenvalue weighted by atomic mass is 32.1. The number of aryl methyl sites for hydroxylation is 1. The molecule has 140 valence electrons. The third kappa shape index (κ3) is 4.26. The summed E-state index contributed by atoms with van der Waals surface area (Å²) in [6, 6.07) is 9.89. The smallest absolute Gasteiger partial charge is 0.185 e. The number of aliphatic hydroxyl groups excluding tert-OH is 1. The van der Waals surface area contributed by atoms with Crippen molar-refractivity contribution in [3.63, 3.8) is 0 Å². The van der Waals surface area contributed by atoms with Crippen LogP contribution in [0.5, 0.6) is 0 Å². The molecular weight excluding hydrogens is 358 g/mol. The predicted molar refractivity (Wildman–Crippen MR) is 110 cm³/mol. The van der Waals surface area contributed by atoms with E-state index in [1.807, 2.05) is 43.5 Å². The number of aromatic nitrogens is 3. The number of aliphatic hydroxyl groups is 1. The lowest BCUT2D eigenvalue weighted by Gasteiger charge is -2.31. The summed E-state index contributed by atoms with van der Waals surface area (Å²) in [6.45, 7) is 4.16. The second-order valence-electron chi connectivity index (χ2n) is 6.90. The Labute approximate surface area is 162 Å². The number of hydrogen-bond donors (Lipinski definition) is 2. The van der Waals surface area contributed by atoms with E-state index in [1.165, 1.54) is 0 Å². The lowest BCUT2D eigenvalue weighted by molar-refractivity contribution is 0.208. The highest BCUT2D eigenvalue weighted by Gasteiger charge is 2.21. The molecule has 0 aliphatic carbocycles. The molecule has 1 atom stereocenters. The van der Waals surface area contributed by atoms with Crippen molar-refractivity contribution >= 4 is 28.1 Å². The van der Waals surface area contributed by atoms with E-state index in [9.17, 15) is 5.11 Å². The van der Waals surface area contributed by atoms with Crippen LogP contribution in [-0.2, 0) is 0 Å². The van der Waals surface area contributed by atoms with Crippen LogP contribution in [0.15, 0.2) is 42.7 Å². The van der Waals surface area contributed by atoms with Crippen molar-refractivity contribution in [2.75, 3.05) is 29.9 Å². The zero-order chi connectivity index (χ0) is 18.6. The average Bonchev–Trinajstić information content (AvgIpc) is 3.19. The van der Waals surface area contributed by atoms with Gasteiger partial charge in [0.2, 0.25) is 0 Å². The molecule has 1 unspecified atom stereocenters. The number of rotatable bonds is 5. The SMILES string of the molecule is Cc1ccnc(Nc2cccc(-c3cnc(N4CCCC(CO)C4)s3)n2)c1. The molecule has 0 saturated carbocycles. The van der Waals surface area contributed by atoms with Crippen molar-refractivity contribution < 1.29 is 5.11 Å². The van der Waals surface area contributed by atoms with Gasteiger partial charge in [-0.25, -0.2) is 15.0 Å². The zero-order valence-corrected chi connectivity index (χ0v) is 16.1. The Morgan fingerprint density at radius 3 is 3.04 bits per heavy atom. The lowest BCUT2D eigenvalue weighted by atomic mass is 10.00. The normalized spacial score (nSPS) is 17.1. The summed E-state index contributed by atoms with van der Waals surface area (Å²) in [6.07, 6.45) is 5.86. The van der Waals surface area contributed by atoms with Crippen LogP contribution in [0, 0.1) is 12.8 Å². The molecule has 0 amide bonds. The van der Waals surface area contributed by atoms with E-state index >= 15 is 0 Å². The van der Waals surface area contributed by atoms with Gasteiger partial charge in [0.1, 0.15) is 11.6 Å². The molecule has 0 spiro atoms. The number of anilines is 3. The van der Waals surface area contributed by atoms with Gasteiger partial charge in [0.05, 0.1) is 10.6 Å². The largest absolute Gasteiger partial charge is 0.396 e. The third-order valence-electron chi connectivity index (χ3n) is 4.71. The Bertz CT molecular complexity index is 913. The molecule has 4 heterocycles. The van der Waals surface area contributed by atoms with Crippen LogP contribution in [0.1, 0.15) is 18.4 Å². The van der Waals surface area contributed by atoms with Gasteiger partial charge in [-0.3, -0.25) is 0 Å². The van der Waals surface area contributed by atoms with Crippen LogP contribution < -0.4 is 10.2 Å². The van der Waals surface area contributed by atoms with Crippen LogP contribution in [0.3, 0.4) is 0 Å². The van der Waals surface area contributed by atoms with Crippen molar-refractivity contribution in [3.05, 3.63) is 48.3 Å². The van der Waals surface area contributed by atoms with Gasteiger partial charge < -0.3 is 15.3 Å². The average molecular weight is 382 g/mol. The van der Waals surface area contributed by atoms with Gasteiger partial charge in [-0.15, -0.1) is 0 Å². The van der Waals surface area contributed by atoms with Crippen LogP contribution in [0.25, 0.3) is 10.6 Å². The summed E-state index contributed by atoms with van der Waals surface area (Å²) in [5, 5.41) is 13.7. The lowest BCUT2D eigenvalue weighted by Crippen LogP contribution is -2.36. The first kappa shape index (κ1) is 17.9. The van der Waals surface area contributed by atoms with Crippen molar-refractivity contribution in [2.45, 2.75) is 19.8 Å². The molecule has 1 aliphatic heterocycles. The fourth-order valence-electron chi connectivity index (χ4n) is 3.29. The van der Waals surface area contributed by atoms with Gasteiger partial charge in [-0.05, 0) is 55.5 Å².